The fourth-order valence-electron chi connectivity index (χ4n) is 1.28. The number of hydrazone groups is 1. The van der Waals surface area contributed by atoms with Crippen molar-refractivity contribution in [1.29, 1.82) is 0 Å². The number of aromatic nitrogens is 2. The lowest BCUT2D eigenvalue weighted by Gasteiger charge is -2.00. The van der Waals surface area contributed by atoms with Gasteiger partial charge in [-0.3, -0.25) is 9.78 Å². The molecule has 0 saturated heterocycles. The van der Waals surface area contributed by atoms with E-state index in [4.69, 9.17) is 5.11 Å². The Hall–Kier alpha value is -2.96. The number of hydrogen-bond acceptors (Lipinski definition) is 6. The zero-order valence-corrected chi connectivity index (χ0v) is 9.69. The van der Waals surface area contributed by atoms with E-state index in [9.17, 15) is 9.90 Å². The number of aromatic hydroxyl groups is 2. The lowest BCUT2D eigenvalue weighted by molar-refractivity contribution is 0.0949. The average Bonchev–Trinajstić information content (AvgIpc) is 2.42. The molecule has 0 radical (unpaired) electrons. The molecule has 0 aliphatic heterocycles. The van der Waals surface area contributed by atoms with E-state index in [2.05, 4.69) is 20.5 Å². The summed E-state index contributed by atoms with van der Waals surface area (Å²) in [5, 5.41) is 22.3. The molecule has 2 rings (SSSR count). The standard InChI is InChI=1S/C12H10N4O3/c17-9-2-1-8(11(18)5-9)6-15-16-12(19)10-7-13-3-4-14-10/h1-7,17-18H,(H,16,19)/b15-6-. The molecule has 7 heteroatoms. The molecule has 0 aliphatic rings. The molecule has 1 aromatic carbocycles. The maximum Gasteiger partial charge on any atom is 0.291 e. The van der Waals surface area contributed by atoms with Gasteiger partial charge in [0.05, 0.1) is 12.4 Å². The van der Waals surface area contributed by atoms with Crippen LogP contribution < -0.4 is 5.43 Å². The topological polar surface area (TPSA) is 108 Å². The number of benzene rings is 1. The van der Waals surface area contributed by atoms with Crippen LogP contribution in [0.2, 0.25) is 0 Å². The molecule has 0 atom stereocenters. The molecule has 1 heterocycles. The van der Waals surface area contributed by atoms with Crippen molar-refractivity contribution >= 4 is 12.1 Å². The highest BCUT2D eigenvalue weighted by molar-refractivity contribution is 5.93. The Morgan fingerprint density at radius 3 is 2.84 bits per heavy atom. The van der Waals surface area contributed by atoms with Crippen molar-refractivity contribution in [2.45, 2.75) is 0 Å². The Morgan fingerprint density at radius 1 is 1.32 bits per heavy atom. The molecule has 2 aromatic rings. The third-order valence-corrected chi connectivity index (χ3v) is 2.18. The predicted molar refractivity (Wildman–Crippen MR) is 66.9 cm³/mol. The predicted octanol–water partition coefficient (Wildman–Crippen LogP) is 0.652. The normalized spacial score (nSPS) is 10.5. The molecule has 0 unspecified atom stereocenters. The van der Waals surface area contributed by atoms with E-state index in [1.807, 2.05) is 0 Å². The number of amides is 1. The van der Waals surface area contributed by atoms with Crippen LogP contribution in [0.4, 0.5) is 0 Å². The van der Waals surface area contributed by atoms with Gasteiger partial charge in [-0.25, -0.2) is 10.4 Å². The number of nitrogens with one attached hydrogen (secondary N) is 1. The minimum absolute atomic E-state index is 0.0572. The number of carbonyl (C=O) groups excluding carboxylic acids is 1. The van der Waals surface area contributed by atoms with Gasteiger partial charge in [0.15, 0.2) is 0 Å². The van der Waals surface area contributed by atoms with Crippen LogP contribution >= 0.6 is 0 Å². The van der Waals surface area contributed by atoms with Crippen LogP contribution in [0, 0.1) is 0 Å². The second kappa shape index (κ2) is 5.58. The van der Waals surface area contributed by atoms with Crippen molar-refractivity contribution in [3.05, 3.63) is 48.0 Å². The second-order valence-electron chi connectivity index (χ2n) is 3.53. The van der Waals surface area contributed by atoms with E-state index in [0.717, 1.165) is 0 Å². The summed E-state index contributed by atoms with van der Waals surface area (Å²) in [6.07, 6.45) is 5.41. The maximum absolute atomic E-state index is 11.5. The lowest BCUT2D eigenvalue weighted by Crippen LogP contribution is -2.19. The number of carbonyl (C=O) groups is 1. The van der Waals surface area contributed by atoms with Crippen LogP contribution in [0.25, 0.3) is 0 Å². The van der Waals surface area contributed by atoms with E-state index in [1.165, 1.54) is 43.0 Å². The van der Waals surface area contributed by atoms with Crippen LogP contribution in [0.1, 0.15) is 16.1 Å². The first-order chi connectivity index (χ1) is 9.16. The zero-order chi connectivity index (χ0) is 13.7. The summed E-state index contributed by atoms with van der Waals surface area (Å²) in [5.41, 5.74) is 2.74. The van der Waals surface area contributed by atoms with Crippen LogP contribution in [-0.4, -0.2) is 32.3 Å². The first-order valence-corrected chi connectivity index (χ1v) is 5.28. The summed E-state index contributed by atoms with van der Waals surface area (Å²) >= 11 is 0. The molecule has 1 aromatic heterocycles. The third-order valence-electron chi connectivity index (χ3n) is 2.18. The highest BCUT2D eigenvalue weighted by Gasteiger charge is 2.05. The maximum atomic E-state index is 11.5. The molecule has 0 bridgehead atoms. The SMILES string of the molecule is O=C(N/N=C\c1ccc(O)cc1O)c1cnccn1. The first-order valence-electron chi connectivity index (χ1n) is 5.28. The quantitative estimate of drug-likeness (QED) is 0.553. The van der Waals surface area contributed by atoms with E-state index in [-0.39, 0.29) is 17.2 Å². The Kier molecular flexibility index (Phi) is 3.67. The van der Waals surface area contributed by atoms with Gasteiger partial charge in [-0.15, -0.1) is 0 Å². The van der Waals surface area contributed by atoms with E-state index in [0.29, 0.717) is 5.56 Å². The Morgan fingerprint density at radius 2 is 2.16 bits per heavy atom. The van der Waals surface area contributed by atoms with Crippen molar-refractivity contribution in [1.82, 2.24) is 15.4 Å². The Labute approximate surface area is 108 Å². The minimum Gasteiger partial charge on any atom is -0.508 e. The van der Waals surface area contributed by atoms with E-state index >= 15 is 0 Å². The van der Waals surface area contributed by atoms with Gasteiger partial charge in [0.1, 0.15) is 17.2 Å². The monoisotopic (exact) mass is 258 g/mol. The summed E-state index contributed by atoms with van der Waals surface area (Å²) in [5.74, 6) is -0.710. The highest BCUT2D eigenvalue weighted by atomic mass is 16.3. The lowest BCUT2D eigenvalue weighted by atomic mass is 10.2. The Balaban J connectivity index is 2.02. The molecular formula is C12H10N4O3. The van der Waals surface area contributed by atoms with Crippen LogP contribution in [-0.2, 0) is 0 Å². The first kappa shape index (κ1) is 12.5. The number of phenolic OH excluding ortho intramolecular Hbond substituents is 2. The largest absolute Gasteiger partial charge is 0.508 e. The smallest absolute Gasteiger partial charge is 0.291 e. The highest BCUT2D eigenvalue weighted by Crippen LogP contribution is 2.20. The number of nitrogens with zero attached hydrogens (tertiary/aromatic N) is 3. The second-order valence-corrected chi connectivity index (χ2v) is 3.53. The van der Waals surface area contributed by atoms with Crippen molar-refractivity contribution in [2.24, 2.45) is 5.10 Å². The van der Waals surface area contributed by atoms with E-state index in [1.54, 1.807) is 0 Å². The summed E-state index contributed by atoms with van der Waals surface area (Å²) in [6, 6.07) is 4.03. The van der Waals surface area contributed by atoms with Gasteiger partial charge in [-0.2, -0.15) is 5.10 Å². The molecule has 0 fully saturated rings. The van der Waals surface area contributed by atoms with Crippen LogP contribution in [0.15, 0.2) is 41.9 Å². The molecule has 0 spiro atoms. The van der Waals surface area contributed by atoms with Crippen molar-refractivity contribution < 1.29 is 15.0 Å². The molecule has 3 N–H and O–H groups in total. The number of rotatable bonds is 3. The minimum atomic E-state index is -0.511. The summed E-state index contributed by atoms with van der Waals surface area (Å²) in [4.78, 5) is 19.1. The molecule has 0 aliphatic carbocycles. The number of hydrogen-bond donors (Lipinski definition) is 3. The van der Waals surface area contributed by atoms with E-state index < -0.39 is 5.91 Å². The molecular weight excluding hydrogens is 248 g/mol. The van der Waals surface area contributed by atoms with Crippen molar-refractivity contribution in [2.75, 3.05) is 0 Å². The van der Waals surface area contributed by atoms with Gasteiger partial charge in [-0.05, 0) is 12.1 Å². The average molecular weight is 258 g/mol. The molecule has 0 saturated carbocycles. The summed E-state index contributed by atoms with van der Waals surface area (Å²) in [7, 11) is 0. The molecule has 7 nitrogen and oxygen atoms in total. The fraction of sp³-hybridized carbons (Fsp3) is 0. The van der Waals surface area contributed by atoms with Gasteiger partial charge < -0.3 is 10.2 Å². The third kappa shape index (κ3) is 3.25. The molecule has 96 valence electrons. The van der Waals surface area contributed by atoms with Gasteiger partial charge >= 0.3 is 0 Å². The van der Waals surface area contributed by atoms with Gasteiger partial charge in [0.25, 0.3) is 5.91 Å². The fourth-order valence-corrected chi connectivity index (χ4v) is 1.28. The summed E-state index contributed by atoms with van der Waals surface area (Å²) in [6.45, 7) is 0. The molecule has 1 amide bonds. The molecule has 19 heavy (non-hydrogen) atoms. The van der Waals surface area contributed by atoms with Gasteiger partial charge in [0.2, 0.25) is 0 Å². The Bertz CT molecular complexity index is 614. The van der Waals surface area contributed by atoms with Crippen LogP contribution in [0.3, 0.4) is 0 Å². The van der Waals surface area contributed by atoms with Gasteiger partial charge in [0, 0.05) is 24.0 Å². The zero-order valence-electron chi connectivity index (χ0n) is 9.69. The van der Waals surface area contributed by atoms with Crippen LogP contribution in [0.5, 0.6) is 11.5 Å². The van der Waals surface area contributed by atoms with Crippen molar-refractivity contribution in [3.63, 3.8) is 0 Å². The summed E-state index contributed by atoms with van der Waals surface area (Å²) < 4.78 is 0. The van der Waals surface area contributed by atoms with Gasteiger partial charge in [-0.1, -0.05) is 0 Å². The number of phenols is 2. The van der Waals surface area contributed by atoms with Crippen molar-refractivity contribution in [3.8, 4) is 11.5 Å².